The first-order valence-corrected chi connectivity index (χ1v) is 6.63. The van der Waals surface area contributed by atoms with E-state index in [0.29, 0.717) is 10.9 Å². The van der Waals surface area contributed by atoms with Crippen LogP contribution in [0.2, 0.25) is 0 Å². The number of thioether (sulfide) groups is 1. The molecule has 0 bridgehead atoms. The van der Waals surface area contributed by atoms with Crippen LogP contribution in [0.1, 0.15) is 31.4 Å². The average molecular weight is 237 g/mol. The van der Waals surface area contributed by atoms with Crippen molar-refractivity contribution in [2.75, 3.05) is 6.26 Å². The molecule has 1 aromatic heterocycles. The second-order valence-corrected chi connectivity index (χ2v) is 4.65. The van der Waals surface area contributed by atoms with E-state index < -0.39 is 0 Å². The standard InChI is InChI=1S/C11H15N3OS/c1-14-10(15)9(12-13-11(14)16-2)8-6-4-3-5-7-8/h6H,3-5,7H2,1-2H3. The smallest absolute Gasteiger partial charge is 0.280 e. The second-order valence-electron chi connectivity index (χ2n) is 3.87. The molecule has 1 aliphatic carbocycles. The SMILES string of the molecule is CSc1nnc(C2=CCCCC2)c(=O)n1C. The molecule has 0 amide bonds. The van der Waals surface area contributed by atoms with Gasteiger partial charge in [-0.15, -0.1) is 10.2 Å². The molecular formula is C11H15N3OS. The fraction of sp³-hybridized carbons (Fsp3) is 0.545. The molecule has 0 saturated heterocycles. The number of rotatable bonds is 2. The van der Waals surface area contributed by atoms with Gasteiger partial charge in [-0.05, 0) is 37.5 Å². The van der Waals surface area contributed by atoms with E-state index in [1.807, 2.05) is 6.26 Å². The number of allylic oxidation sites excluding steroid dienone is 2. The third-order valence-electron chi connectivity index (χ3n) is 2.81. The zero-order valence-electron chi connectivity index (χ0n) is 9.56. The molecule has 86 valence electrons. The predicted molar refractivity (Wildman–Crippen MR) is 65.5 cm³/mol. The summed E-state index contributed by atoms with van der Waals surface area (Å²) in [4.78, 5) is 12.1. The Kier molecular flexibility index (Phi) is 3.43. The second kappa shape index (κ2) is 4.82. The molecule has 2 rings (SSSR count). The predicted octanol–water partition coefficient (Wildman–Crippen LogP) is 1.85. The van der Waals surface area contributed by atoms with Gasteiger partial charge in [0.05, 0.1) is 0 Å². The van der Waals surface area contributed by atoms with E-state index in [4.69, 9.17) is 0 Å². The third-order valence-corrected chi connectivity index (χ3v) is 3.53. The van der Waals surface area contributed by atoms with Gasteiger partial charge in [0.2, 0.25) is 0 Å². The first-order valence-electron chi connectivity index (χ1n) is 5.41. The van der Waals surface area contributed by atoms with Crippen LogP contribution in [0.25, 0.3) is 5.57 Å². The molecule has 0 atom stereocenters. The van der Waals surface area contributed by atoms with Gasteiger partial charge in [0.1, 0.15) is 0 Å². The summed E-state index contributed by atoms with van der Waals surface area (Å²) in [6.45, 7) is 0. The van der Waals surface area contributed by atoms with E-state index in [2.05, 4.69) is 16.3 Å². The maximum absolute atomic E-state index is 12.1. The molecule has 1 heterocycles. The third kappa shape index (κ3) is 2.04. The molecule has 0 N–H and O–H groups in total. The summed E-state index contributed by atoms with van der Waals surface area (Å²) in [5.41, 5.74) is 1.56. The molecule has 1 aromatic rings. The van der Waals surface area contributed by atoms with Crippen LogP contribution >= 0.6 is 11.8 Å². The molecule has 4 nitrogen and oxygen atoms in total. The molecule has 0 spiro atoms. The van der Waals surface area contributed by atoms with Gasteiger partial charge in [0.15, 0.2) is 10.9 Å². The summed E-state index contributed by atoms with van der Waals surface area (Å²) in [7, 11) is 1.75. The highest BCUT2D eigenvalue weighted by atomic mass is 32.2. The van der Waals surface area contributed by atoms with Crippen LogP contribution in [0, 0.1) is 0 Å². The number of aromatic nitrogens is 3. The van der Waals surface area contributed by atoms with Crippen molar-refractivity contribution >= 4 is 17.3 Å². The highest BCUT2D eigenvalue weighted by molar-refractivity contribution is 7.98. The van der Waals surface area contributed by atoms with Gasteiger partial charge in [0, 0.05) is 7.05 Å². The van der Waals surface area contributed by atoms with Gasteiger partial charge in [-0.2, -0.15) is 0 Å². The Balaban J connectivity index is 2.46. The minimum atomic E-state index is -0.0347. The van der Waals surface area contributed by atoms with Crippen molar-refractivity contribution < 1.29 is 0 Å². The molecular weight excluding hydrogens is 222 g/mol. The van der Waals surface area contributed by atoms with E-state index in [-0.39, 0.29) is 5.56 Å². The normalized spacial score (nSPS) is 16.0. The fourth-order valence-electron chi connectivity index (χ4n) is 1.88. The summed E-state index contributed by atoms with van der Waals surface area (Å²) in [6, 6.07) is 0. The van der Waals surface area contributed by atoms with E-state index in [1.165, 1.54) is 18.2 Å². The van der Waals surface area contributed by atoms with Crippen LogP contribution < -0.4 is 5.56 Å². The average Bonchev–Trinajstić information content (AvgIpc) is 2.34. The van der Waals surface area contributed by atoms with Crippen molar-refractivity contribution in [3.05, 3.63) is 22.1 Å². The Labute approximate surface area is 98.8 Å². The molecule has 1 aliphatic rings. The van der Waals surface area contributed by atoms with Crippen LogP contribution in [0.3, 0.4) is 0 Å². The Morgan fingerprint density at radius 1 is 1.38 bits per heavy atom. The van der Waals surface area contributed by atoms with Crippen molar-refractivity contribution in [3.63, 3.8) is 0 Å². The monoisotopic (exact) mass is 237 g/mol. The van der Waals surface area contributed by atoms with Crippen molar-refractivity contribution in [3.8, 4) is 0 Å². The van der Waals surface area contributed by atoms with Gasteiger partial charge in [-0.25, -0.2) is 0 Å². The largest absolute Gasteiger partial charge is 0.287 e. The lowest BCUT2D eigenvalue weighted by atomic mass is 9.97. The lowest BCUT2D eigenvalue weighted by Crippen LogP contribution is -2.25. The van der Waals surface area contributed by atoms with Crippen LogP contribution in [-0.4, -0.2) is 21.0 Å². The zero-order chi connectivity index (χ0) is 11.5. The Morgan fingerprint density at radius 2 is 2.19 bits per heavy atom. The minimum Gasteiger partial charge on any atom is -0.287 e. The Bertz CT molecular complexity index is 479. The highest BCUT2D eigenvalue weighted by Gasteiger charge is 2.14. The minimum absolute atomic E-state index is 0.0347. The van der Waals surface area contributed by atoms with Crippen LogP contribution in [0.5, 0.6) is 0 Å². The first-order chi connectivity index (χ1) is 7.74. The van der Waals surface area contributed by atoms with Crippen molar-refractivity contribution in [2.24, 2.45) is 7.05 Å². The molecule has 5 heteroatoms. The zero-order valence-corrected chi connectivity index (χ0v) is 10.4. The quantitative estimate of drug-likeness (QED) is 0.737. The fourth-order valence-corrected chi connectivity index (χ4v) is 2.36. The highest BCUT2D eigenvalue weighted by Crippen LogP contribution is 2.23. The Hall–Kier alpha value is -1.10. The molecule has 0 radical (unpaired) electrons. The van der Waals surface area contributed by atoms with E-state index in [9.17, 15) is 4.79 Å². The topological polar surface area (TPSA) is 47.8 Å². The molecule has 0 fully saturated rings. The number of hydrogen-bond donors (Lipinski definition) is 0. The van der Waals surface area contributed by atoms with Crippen molar-refractivity contribution in [1.29, 1.82) is 0 Å². The Morgan fingerprint density at radius 3 is 2.81 bits per heavy atom. The maximum atomic E-state index is 12.1. The van der Waals surface area contributed by atoms with Gasteiger partial charge >= 0.3 is 0 Å². The van der Waals surface area contributed by atoms with Gasteiger partial charge in [0.25, 0.3) is 5.56 Å². The molecule has 0 saturated carbocycles. The molecule has 0 aromatic carbocycles. The first kappa shape index (κ1) is 11.4. The molecule has 16 heavy (non-hydrogen) atoms. The van der Waals surface area contributed by atoms with Crippen LogP contribution in [-0.2, 0) is 7.05 Å². The van der Waals surface area contributed by atoms with Gasteiger partial charge < -0.3 is 0 Å². The van der Waals surface area contributed by atoms with Crippen molar-refractivity contribution in [1.82, 2.24) is 14.8 Å². The van der Waals surface area contributed by atoms with E-state index >= 15 is 0 Å². The summed E-state index contributed by atoms with van der Waals surface area (Å²) in [5, 5.41) is 8.79. The summed E-state index contributed by atoms with van der Waals surface area (Å²) >= 11 is 1.43. The van der Waals surface area contributed by atoms with Gasteiger partial charge in [-0.3, -0.25) is 9.36 Å². The van der Waals surface area contributed by atoms with Crippen LogP contribution in [0.15, 0.2) is 16.0 Å². The van der Waals surface area contributed by atoms with Crippen molar-refractivity contribution in [2.45, 2.75) is 30.8 Å². The number of nitrogens with zero attached hydrogens (tertiary/aromatic N) is 3. The molecule has 0 unspecified atom stereocenters. The maximum Gasteiger partial charge on any atom is 0.280 e. The number of hydrogen-bond acceptors (Lipinski definition) is 4. The lowest BCUT2D eigenvalue weighted by molar-refractivity contribution is 0.649. The van der Waals surface area contributed by atoms with E-state index in [1.54, 1.807) is 11.6 Å². The lowest BCUT2D eigenvalue weighted by Gasteiger charge is -2.12. The molecule has 0 aliphatic heterocycles. The van der Waals surface area contributed by atoms with Gasteiger partial charge in [-0.1, -0.05) is 17.8 Å². The van der Waals surface area contributed by atoms with Crippen LogP contribution in [0.4, 0.5) is 0 Å². The summed E-state index contributed by atoms with van der Waals surface area (Å²) < 4.78 is 1.57. The summed E-state index contributed by atoms with van der Waals surface area (Å²) in [5.74, 6) is 0. The van der Waals surface area contributed by atoms with E-state index in [0.717, 1.165) is 24.8 Å². The summed E-state index contributed by atoms with van der Waals surface area (Å²) in [6.07, 6.45) is 8.35.